The summed E-state index contributed by atoms with van der Waals surface area (Å²) in [5.74, 6) is -0.0125. The van der Waals surface area contributed by atoms with E-state index in [1.165, 1.54) is 13.2 Å². The van der Waals surface area contributed by atoms with E-state index in [-0.39, 0.29) is 12.0 Å². The molecule has 30 heavy (non-hydrogen) atoms. The molecule has 0 fully saturated rings. The molecule has 2 aromatic rings. The lowest BCUT2D eigenvalue weighted by Gasteiger charge is -2.19. The molecule has 0 aliphatic carbocycles. The highest BCUT2D eigenvalue weighted by atomic mass is 16.5. The normalized spacial score (nSPS) is 10.9. The standard InChI is InChI=1S/C23H25N3O4/c1-23(2,3)18-9-7-17(8-10-18)22(28)26-25-21(27)12-6-16-5-11-19(30-14-13-24)20(15-16)29-4/h5-12,15H,14H2,1-4H3,(H,25,27)(H,26,28)/b12-6+. The van der Waals surface area contributed by atoms with Gasteiger partial charge in [0.05, 0.1) is 7.11 Å². The van der Waals surface area contributed by atoms with Gasteiger partial charge in [-0.1, -0.05) is 39.0 Å². The minimum atomic E-state index is -0.488. The Kier molecular flexibility index (Phi) is 7.59. The highest BCUT2D eigenvalue weighted by molar-refractivity contribution is 5.98. The van der Waals surface area contributed by atoms with Crippen LogP contribution in [0.3, 0.4) is 0 Å². The van der Waals surface area contributed by atoms with Gasteiger partial charge in [-0.05, 0) is 46.9 Å². The van der Waals surface area contributed by atoms with Crippen LogP contribution in [-0.2, 0) is 10.2 Å². The molecule has 0 aliphatic heterocycles. The Hall–Kier alpha value is -3.79. The number of benzene rings is 2. The van der Waals surface area contributed by atoms with Gasteiger partial charge in [-0.2, -0.15) is 5.26 Å². The Bertz CT molecular complexity index is 967. The molecule has 156 valence electrons. The predicted octanol–water partition coefficient (Wildman–Crippen LogP) is 3.37. The molecule has 0 radical (unpaired) electrons. The second kappa shape index (κ2) is 10.1. The number of hydrogen-bond acceptors (Lipinski definition) is 5. The van der Waals surface area contributed by atoms with Gasteiger partial charge in [0.25, 0.3) is 11.8 Å². The van der Waals surface area contributed by atoms with Gasteiger partial charge in [-0.25, -0.2) is 0 Å². The lowest BCUT2D eigenvalue weighted by Crippen LogP contribution is -2.40. The molecule has 7 heteroatoms. The first-order chi connectivity index (χ1) is 14.2. The molecule has 7 nitrogen and oxygen atoms in total. The fraction of sp³-hybridized carbons (Fsp3) is 0.261. The SMILES string of the molecule is COc1cc(/C=C/C(=O)NNC(=O)c2ccc(C(C)(C)C)cc2)ccc1OCC#N. The summed E-state index contributed by atoms with van der Waals surface area (Å²) in [5.41, 5.74) is 6.98. The van der Waals surface area contributed by atoms with Gasteiger partial charge in [0.15, 0.2) is 18.1 Å². The lowest BCUT2D eigenvalue weighted by atomic mass is 9.87. The van der Waals surface area contributed by atoms with E-state index in [0.717, 1.165) is 5.56 Å². The Morgan fingerprint density at radius 3 is 2.37 bits per heavy atom. The number of hydrazine groups is 1. The number of nitrogens with zero attached hydrogens (tertiary/aromatic N) is 1. The molecule has 0 heterocycles. The maximum absolute atomic E-state index is 12.2. The van der Waals surface area contributed by atoms with Gasteiger partial charge in [0, 0.05) is 11.6 Å². The number of hydrogen-bond donors (Lipinski definition) is 2. The summed E-state index contributed by atoms with van der Waals surface area (Å²) in [6, 6.07) is 14.2. The fourth-order valence-corrected chi connectivity index (χ4v) is 2.54. The minimum absolute atomic E-state index is 0.00323. The van der Waals surface area contributed by atoms with Crippen molar-refractivity contribution in [1.82, 2.24) is 10.9 Å². The van der Waals surface area contributed by atoms with Gasteiger partial charge in [-0.3, -0.25) is 20.4 Å². The number of carbonyl (C=O) groups excluding carboxylic acids is 2. The Balaban J connectivity index is 1.93. The molecule has 0 aliphatic rings. The third-order valence-electron chi connectivity index (χ3n) is 4.22. The molecule has 0 saturated carbocycles. The van der Waals surface area contributed by atoms with Gasteiger partial charge in [0.2, 0.25) is 0 Å². The Morgan fingerprint density at radius 1 is 1.07 bits per heavy atom. The first-order valence-electron chi connectivity index (χ1n) is 9.31. The molecular formula is C23H25N3O4. The molecular weight excluding hydrogens is 382 g/mol. The van der Waals surface area contributed by atoms with Crippen molar-refractivity contribution >= 4 is 17.9 Å². The number of rotatable bonds is 6. The van der Waals surface area contributed by atoms with E-state index in [4.69, 9.17) is 14.7 Å². The van der Waals surface area contributed by atoms with E-state index in [2.05, 4.69) is 31.6 Å². The first kappa shape index (κ1) is 22.5. The zero-order chi connectivity index (χ0) is 22.1. The van der Waals surface area contributed by atoms with Crippen molar-refractivity contribution in [2.24, 2.45) is 0 Å². The first-order valence-corrected chi connectivity index (χ1v) is 9.31. The van der Waals surface area contributed by atoms with Crippen LogP contribution in [0.2, 0.25) is 0 Å². The summed E-state index contributed by atoms with van der Waals surface area (Å²) in [7, 11) is 1.48. The number of ether oxygens (including phenoxy) is 2. The maximum atomic E-state index is 12.2. The van der Waals surface area contributed by atoms with Crippen LogP contribution in [0.4, 0.5) is 0 Å². The molecule has 0 spiro atoms. The van der Waals surface area contributed by atoms with Crippen LogP contribution < -0.4 is 20.3 Å². The van der Waals surface area contributed by atoms with Crippen LogP contribution in [0, 0.1) is 11.3 Å². The second-order valence-electron chi connectivity index (χ2n) is 7.46. The Morgan fingerprint density at radius 2 is 1.77 bits per heavy atom. The van der Waals surface area contributed by atoms with E-state index in [9.17, 15) is 9.59 Å². The second-order valence-corrected chi connectivity index (χ2v) is 7.46. The highest BCUT2D eigenvalue weighted by Gasteiger charge is 2.14. The summed E-state index contributed by atoms with van der Waals surface area (Å²) in [6.45, 7) is 6.19. The summed E-state index contributed by atoms with van der Waals surface area (Å²) in [4.78, 5) is 24.2. The average molecular weight is 407 g/mol. The predicted molar refractivity (Wildman–Crippen MR) is 114 cm³/mol. The van der Waals surface area contributed by atoms with E-state index in [1.54, 1.807) is 36.4 Å². The van der Waals surface area contributed by atoms with Gasteiger partial charge < -0.3 is 9.47 Å². The molecule has 0 aromatic heterocycles. The Labute approximate surface area is 176 Å². The van der Waals surface area contributed by atoms with E-state index >= 15 is 0 Å². The zero-order valence-electron chi connectivity index (χ0n) is 17.5. The zero-order valence-corrected chi connectivity index (χ0v) is 17.5. The van der Waals surface area contributed by atoms with Crippen molar-refractivity contribution in [2.45, 2.75) is 26.2 Å². The molecule has 2 N–H and O–H groups in total. The minimum Gasteiger partial charge on any atom is -0.493 e. The monoisotopic (exact) mass is 407 g/mol. The average Bonchev–Trinajstić information content (AvgIpc) is 2.74. The van der Waals surface area contributed by atoms with Crippen molar-refractivity contribution in [3.63, 3.8) is 0 Å². The molecule has 2 rings (SSSR count). The number of carbonyl (C=O) groups is 2. The van der Waals surface area contributed by atoms with Crippen LogP contribution in [0.5, 0.6) is 11.5 Å². The lowest BCUT2D eigenvalue weighted by molar-refractivity contribution is -0.117. The summed E-state index contributed by atoms with van der Waals surface area (Å²) < 4.78 is 10.5. The third kappa shape index (κ3) is 6.38. The van der Waals surface area contributed by atoms with Crippen molar-refractivity contribution < 1.29 is 19.1 Å². The molecule has 0 saturated heterocycles. The summed E-state index contributed by atoms with van der Waals surface area (Å²) in [6.07, 6.45) is 2.85. The third-order valence-corrected chi connectivity index (χ3v) is 4.22. The van der Waals surface area contributed by atoms with Gasteiger partial charge in [-0.15, -0.1) is 0 Å². The van der Waals surface area contributed by atoms with Crippen LogP contribution in [0.15, 0.2) is 48.5 Å². The summed E-state index contributed by atoms with van der Waals surface area (Å²) >= 11 is 0. The molecule has 0 bridgehead atoms. The highest BCUT2D eigenvalue weighted by Crippen LogP contribution is 2.28. The van der Waals surface area contributed by atoms with Crippen molar-refractivity contribution in [3.05, 3.63) is 65.2 Å². The maximum Gasteiger partial charge on any atom is 0.269 e. The summed E-state index contributed by atoms with van der Waals surface area (Å²) in [5, 5.41) is 8.60. The van der Waals surface area contributed by atoms with Crippen molar-refractivity contribution in [2.75, 3.05) is 13.7 Å². The van der Waals surface area contributed by atoms with Gasteiger partial charge >= 0.3 is 0 Å². The largest absolute Gasteiger partial charge is 0.493 e. The molecule has 2 amide bonds. The fourth-order valence-electron chi connectivity index (χ4n) is 2.54. The van der Waals surface area contributed by atoms with Crippen LogP contribution >= 0.6 is 0 Å². The van der Waals surface area contributed by atoms with E-state index in [1.807, 2.05) is 18.2 Å². The number of amides is 2. The molecule has 0 atom stereocenters. The van der Waals surface area contributed by atoms with Crippen LogP contribution in [0.1, 0.15) is 42.3 Å². The van der Waals surface area contributed by atoms with Gasteiger partial charge in [0.1, 0.15) is 6.07 Å². The van der Waals surface area contributed by atoms with Crippen LogP contribution in [0.25, 0.3) is 6.08 Å². The number of nitriles is 1. The molecule has 0 unspecified atom stereocenters. The van der Waals surface area contributed by atoms with Crippen molar-refractivity contribution in [1.29, 1.82) is 5.26 Å². The van der Waals surface area contributed by atoms with Crippen molar-refractivity contribution in [3.8, 4) is 17.6 Å². The van der Waals surface area contributed by atoms with E-state index < -0.39 is 11.8 Å². The topological polar surface area (TPSA) is 100 Å². The smallest absolute Gasteiger partial charge is 0.269 e. The molecule has 2 aromatic carbocycles. The number of methoxy groups -OCH3 is 1. The van der Waals surface area contributed by atoms with E-state index in [0.29, 0.717) is 22.6 Å². The number of nitrogens with one attached hydrogen (secondary N) is 2. The quantitative estimate of drug-likeness (QED) is 0.565. The van der Waals surface area contributed by atoms with Crippen LogP contribution in [-0.4, -0.2) is 25.5 Å².